The zero-order valence-electron chi connectivity index (χ0n) is 18.3. The fourth-order valence-electron chi connectivity index (χ4n) is 4.92. The first-order valence-corrected chi connectivity index (χ1v) is 11.1. The maximum atomic E-state index is 5.82. The Hall–Kier alpha value is -1.99. The number of piperazine rings is 1. The summed E-state index contributed by atoms with van der Waals surface area (Å²) in [6.07, 6.45) is 2.50. The van der Waals surface area contributed by atoms with Crippen LogP contribution in [0.2, 0.25) is 0 Å². The molecule has 1 N–H and O–H groups in total. The number of nitrogens with one attached hydrogen (secondary N) is 1. The molecule has 0 radical (unpaired) electrons. The zero-order chi connectivity index (χ0) is 20.4. The topological polar surface area (TPSA) is 60.5 Å². The highest BCUT2D eigenvalue weighted by Gasteiger charge is 2.36. The molecule has 2 aliphatic rings. The Bertz CT molecular complexity index is 805. The van der Waals surface area contributed by atoms with Gasteiger partial charge in [-0.1, -0.05) is 26.0 Å². The van der Waals surface area contributed by atoms with Crippen molar-refractivity contribution in [3.8, 4) is 0 Å². The van der Waals surface area contributed by atoms with Gasteiger partial charge in [0.25, 0.3) is 0 Å². The molecule has 3 heterocycles. The normalized spacial score (nSPS) is 21.8. The first kappa shape index (κ1) is 20.3. The van der Waals surface area contributed by atoms with Crippen LogP contribution >= 0.6 is 0 Å². The van der Waals surface area contributed by atoms with E-state index in [2.05, 4.69) is 66.3 Å². The molecular weight excluding hydrogens is 364 g/mol. The SMILES string of the molecule is Cc1cccc(N2CC[NH+]([C@@H](c3nnnn3C[C@H]3CCCO3)C(C)C)CC2)c1C. The number of benzene rings is 1. The van der Waals surface area contributed by atoms with Gasteiger partial charge in [-0.2, -0.15) is 0 Å². The predicted octanol–water partition coefficient (Wildman–Crippen LogP) is 1.57. The molecule has 2 fully saturated rings. The summed E-state index contributed by atoms with van der Waals surface area (Å²) in [6, 6.07) is 6.94. The van der Waals surface area contributed by atoms with Crippen molar-refractivity contribution < 1.29 is 9.64 Å². The van der Waals surface area contributed by atoms with Gasteiger partial charge in [0.2, 0.25) is 5.82 Å². The number of aromatic nitrogens is 4. The van der Waals surface area contributed by atoms with Crippen LogP contribution in [0, 0.1) is 19.8 Å². The second kappa shape index (κ2) is 8.79. The molecule has 7 nitrogen and oxygen atoms in total. The minimum atomic E-state index is 0.251. The first-order valence-electron chi connectivity index (χ1n) is 11.1. The van der Waals surface area contributed by atoms with Crippen molar-refractivity contribution in [1.29, 1.82) is 0 Å². The zero-order valence-corrected chi connectivity index (χ0v) is 18.3. The van der Waals surface area contributed by atoms with E-state index in [4.69, 9.17) is 4.74 Å². The second-order valence-electron chi connectivity index (χ2n) is 8.94. The van der Waals surface area contributed by atoms with Gasteiger partial charge < -0.3 is 14.5 Å². The molecule has 2 aromatic rings. The van der Waals surface area contributed by atoms with Crippen LogP contribution in [0.4, 0.5) is 5.69 Å². The minimum absolute atomic E-state index is 0.251. The molecule has 29 heavy (non-hydrogen) atoms. The van der Waals surface area contributed by atoms with Crippen LogP contribution in [0.3, 0.4) is 0 Å². The molecule has 0 saturated carbocycles. The summed E-state index contributed by atoms with van der Waals surface area (Å²) < 4.78 is 7.83. The Morgan fingerprint density at radius 1 is 1.21 bits per heavy atom. The van der Waals surface area contributed by atoms with Crippen molar-refractivity contribution in [1.82, 2.24) is 20.2 Å². The van der Waals surface area contributed by atoms with Crippen LogP contribution in [0.5, 0.6) is 0 Å². The van der Waals surface area contributed by atoms with E-state index in [-0.39, 0.29) is 6.10 Å². The van der Waals surface area contributed by atoms with Crippen molar-refractivity contribution in [3.63, 3.8) is 0 Å². The third kappa shape index (κ3) is 4.31. The molecule has 7 heteroatoms. The van der Waals surface area contributed by atoms with E-state index in [1.807, 2.05) is 4.68 Å². The third-order valence-corrected chi connectivity index (χ3v) is 6.67. The number of tetrazole rings is 1. The first-order chi connectivity index (χ1) is 14.0. The molecular formula is C22H35N6O+. The Morgan fingerprint density at radius 2 is 2.00 bits per heavy atom. The Labute approximate surface area is 174 Å². The molecule has 2 saturated heterocycles. The fourth-order valence-corrected chi connectivity index (χ4v) is 4.92. The van der Waals surface area contributed by atoms with Gasteiger partial charge >= 0.3 is 0 Å². The van der Waals surface area contributed by atoms with Crippen molar-refractivity contribution in [2.75, 3.05) is 37.7 Å². The molecule has 0 bridgehead atoms. The number of hydrogen-bond acceptors (Lipinski definition) is 5. The smallest absolute Gasteiger partial charge is 0.209 e. The van der Waals surface area contributed by atoms with E-state index >= 15 is 0 Å². The Balaban J connectivity index is 1.47. The summed E-state index contributed by atoms with van der Waals surface area (Å²) in [5.74, 6) is 1.50. The molecule has 1 aromatic heterocycles. The van der Waals surface area contributed by atoms with Crippen molar-refractivity contribution in [2.45, 2.75) is 59.2 Å². The highest BCUT2D eigenvalue weighted by atomic mass is 16.5. The van der Waals surface area contributed by atoms with Gasteiger partial charge in [-0.15, -0.1) is 5.10 Å². The van der Waals surface area contributed by atoms with Crippen LogP contribution < -0.4 is 9.80 Å². The van der Waals surface area contributed by atoms with E-state index in [1.54, 1.807) is 4.90 Å². The monoisotopic (exact) mass is 399 g/mol. The number of ether oxygens (including phenoxy) is 1. The lowest BCUT2D eigenvalue weighted by Crippen LogP contribution is -3.15. The molecule has 158 valence electrons. The minimum Gasteiger partial charge on any atom is -0.376 e. The summed E-state index contributed by atoms with van der Waals surface area (Å²) >= 11 is 0. The highest BCUT2D eigenvalue weighted by Crippen LogP contribution is 2.24. The summed E-state index contributed by atoms with van der Waals surface area (Å²) in [5.41, 5.74) is 4.15. The number of nitrogens with zero attached hydrogens (tertiary/aromatic N) is 5. The molecule has 4 rings (SSSR count). The maximum absolute atomic E-state index is 5.82. The second-order valence-corrected chi connectivity index (χ2v) is 8.94. The largest absolute Gasteiger partial charge is 0.376 e. The Kier molecular flexibility index (Phi) is 6.15. The van der Waals surface area contributed by atoms with Crippen LogP contribution in [-0.2, 0) is 11.3 Å². The average molecular weight is 400 g/mol. The standard InChI is InChI=1S/C22H34N6O/c1-16(2)21(22-23-24-25-28(22)15-19-8-6-14-29-19)27-12-10-26(11-13-27)20-9-5-7-17(3)18(20)4/h5,7,9,16,19,21H,6,8,10-15H2,1-4H3/p+1/t19-,21-/m1/s1. The van der Waals surface area contributed by atoms with E-state index in [0.29, 0.717) is 12.0 Å². The summed E-state index contributed by atoms with van der Waals surface area (Å²) in [4.78, 5) is 4.13. The van der Waals surface area contributed by atoms with Gasteiger partial charge in [-0.25, -0.2) is 4.68 Å². The fraction of sp³-hybridized carbons (Fsp3) is 0.682. The summed E-state index contributed by atoms with van der Waals surface area (Å²) in [6.45, 7) is 15.0. The van der Waals surface area contributed by atoms with E-state index in [9.17, 15) is 0 Å². The number of quaternary nitrogens is 1. The quantitative estimate of drug-likeness (QED) is 0.799. The molecule has 2 aliphatic heterocycles. The number of aryl methyl sites for hydroxylation is 1. The van der Waals surface area contributed by atoms with Gasteiger partial charge in [0.05, 0.1) is 38.8 Å². The van der Waals surface area contributed by atoms with Crippen molar-refractivity contribution in [3.05, 3.63) is 35.2 Å². The average Bonchev–Trinajstić information content (AvgIpc) is 3.38. The lowest BCUT2D eigenvalue weighted by atomic mass is 10.00. The lowest BCUT2D eigenvalue weighted by molar-refractivity contribution is -0.937. The Morgan fingerprint density at radius 3 is 2.69 bits per heavy atom. The summed E-state index contributed by atoms with van der Waals surface area (Å²) in [7, 11) is 0. The van der Waals surface area contributed by atoms with Crippen LogP contribution in [0.25, 0.3) is 0 Å². The van der Waals surface area contributed by atoms with Gasteiger partial charge in [0.15, 0.2) is 6.04 Å². The molecule has 0 amide bonds. The van der Waals surface area contributed by atoms with Crippen molar-refractivity contribution in [2.24, 2.45) is 5.92 Å². The number of anilines is 1. The van der Waals surface area contributed by atoms with E-state index < -0.39 is 0 Å². The van der Waals surface area contributed by atoms with Crippen LogP contribution in [-0.4, -0.2) is 59.1 Å². The van der Waals surface area contributed by atoms with Crippen LogP contribution in [0.15, 0.2) is 18.2 Å². The van der Waals surface area contributed by atoms with Gasteiger partial charge in [-0.3, -0.25) is 0 Å². The molecule has 2 atom stereocenters. The van der Waals surface area contributed by atoms with Gasteiger partial charge in [-0.05, 0) is 54.3 Å². The van der Waals surface area contributed by atoms with Crippen LogP contribution in [0.1, 0.15) is 49.7 Å². The highest BCUT2D eigenvalue weighted by molar-refractivity contribution is 5.56. The van der Waals surface area contributed by atoms with Crippen molar-refractivity contribution >= 4 is 5.69 Å². The van der Waals surface area contributed by atoms with Gasteiger partial charge in [0.1, 0.15) is 0 Å². The van der Waals surface area contributed by atoms with Gasteiger partial charge in [0, 0.05) is 18.2 Å². The molecule has 0 aliphatic carbocycles. The maximum Gasteiger partial charge on any atom is 0.209 e. The predicted molar refractivity (Wildman–Crippen MR) is 113 cm³/mol. The molecule has 0 spiro atoms. The van der Waals surface area contributed by atoms with E-state index in [1.165, 1.54) is 16.8 Å². The summed E-state index contributed by atoms with van der Waals surface area (Å²) in [5, 5.41) is 12.8. The molecule has 1 aromatic carbocycles. The lowest BCUT2D eigenvalue weighted by Gasteiger charge is -2.39. The third-order valence-electron chi connectivity index (χ3n) is 6.67. The number of hydrogen-bond donors (Lipinski definition) is 1. The molecule has 0 unspecified atom stereocenters. The number of rotatable bonds is 6. The van der Waals surface area contributed by atoms with E-state index in [0.717, 1.165) is 58.0 Å².